The Morgan fingerprint density at radius 2 is 2.09 bits per heavy atom. The average molecular weight is 370 g/mol. The molecule has 6 nitrogen and oxygen atoms in total. The molecule has 0 aliphatic carbocycles. The van der Waals surface area contributed by atoms with Crippen LogP contribution >= 0.6 is 15.9 Å². The third-order valence-corrected chi connectivity index (χ3v) is 3.56. The number of hydrogen-bond acceptors (Lipinski definition) is 4. The minimum absolute atomic E-state index is 0.339. The number of halogens is 1. The normalized spacial score (nSPS) is 10.8. The van der Waals surface area contributed by atoms with Crippen LogP contribution in [0.5, 0.6) is 0 Å². The fourth-order valence-electron chi connectivity index (χ4n) is 1.88. The molecule has 23 heavy (non-hydrogen) atoms. The van der Waals surface area contributed by atoms with Gasteiger partial charge in [-0.2, -0.15) is 10.2 Å². The second-order valence-electron chi connectivity index (χ2n) is 4.66. The first-order chi connectivity index (χ1) is 11.2. The lowest BCUT2D eigenvalue weighted by Crippen LogP contribution is -2.18. The SMILES string of the molecule is O=C(N/N=C\c1cccnc1)c1cc(-c2ccc(Br)cc2)n[nH]1. The van der Waals surface area contributed by atoms with Gasteiger partial charge in [0.2, 0.25) is 0 Å². The third kappa shape index (κ3) is 3.89. The number of rotatable bonds is 4. The topological polar surface area (TPSA) is 83.0 Å². The Bertz CT molecular complexity index is 827. The highest BCUT2D eigenvalue weighted by molar-refractivity contribution is 9.10. The Labute approximate surface area is 140 Å². The van der Waals surface area contributed by atoms with Crippen molar-refractivity contribution in [3.63, 3.8) is 0 Å². The van der Waals surface area contributed by atoms with Crippen LogP contribution in [0.1, 0.15) is 16.1 Å². The zero-order chi connectivity index (χ0) is 16.1. The molecule has 0 aliphatic rings. The van der Waals surface area contributed by atoms with Crippen molar-refractivity contribution in [1.29, 1.82) is 0 Å². The van der Waals surface area contributed by atoms with Crippen LogP contribution in [-0.2, 0) is 0 Å². The molecule has 0 aliphatic heterocycles. The highest BCUT2D eigenvalue weighted by atomic mass is 79.9. The van der Waals surface area contributed by atoms with Gasteiger partial charge in [0.1, 0.15) is 5.69 Å². The number of benzene rings is 1. The first kappa shape index (κ1) is 15.1. The molecule has 0 atom stereocenters. The number of amides is 1. The van der Waals surface area contributed by atoms with E-state index in [1.54, 1.807) is 24.5 Å². The predicted octanol–water partition coefficient (Wildman–Crippen LogP) is 3.00. The Hall–Kier alpha value is -2.80. The molecule has 0 saturated heterocycles. The summed E-state index contributed by atoms with van der Waals surface area (Å²) < 4.78 is 0.986. The summed E-state index contributed by atoms with van der Waals surface area (Å²) in [5, 5.41) is 10.7. The van der Waals surface area contributed by atoms with Crippen molar-refractivity contribution >= 4 is 28.1 Å². The van der Waals surface area contributed by atoms with Crippen LogP contribution in [0, 0.1) is 0 Å². The second-order valence-corrected chi connectivity index (χ2v) is 5.57. The molecule has 3 rings (SSSR count). The number of aromatic amines is 1. The van der Waals surface area contributed by atoms with Crippen LogP contribution in [0.4, 0.5) is 0 Å². The number of carbonyl (C=O) groups excluding carboxylic acids is 1. The van der Waals surface area contributed by atoms with Gasteiger partial charge in [-0.3, -0.25) is 14.9 Å². The predicted molar refractivity (Wildman–Crippen MR) is 91.0 cm³/mol. The zero-order valence-electron chi connectivity index (χ0n) is 11.9. The first-order valence-electron chi connectivity index (χ1n) is 6.77. The van der Waals surface area contributed by atoms with Gasteiger partial charge in [0.15, 0.2) is 0 Å². The molecule has 0 radical (unpaired) electrons. The van der Waals surface area contributed by atoms with E-state index in [1.807, 2.05) is 30.3 Å². The fourth-order valence-corrected chi connectivity index (χ4v) is 2.15. The van der Waals surface area contributed by atoms with Gasteiger partial charge in [-0.05, 0) is 24.3 Å². The van der Waals surface area contributed by atoms with Crippen molar-refractivity contribution < 1.29 is 4.79 Å². The van der Waals surface area contributed by atoms with Crippen molar-refractivity contribution in [1.82, 2.24) is 20.6 Å². The van der Waals surface area contributed by atoms with E-state index in [-0.39, 0.29) is 5.91 Å². The lowest BCUT2D eigenvalue weighted by Gasteiger charge is -1.96. The molecule has 2 heterocycles. The number of nitrogens with zero attached hydrogens (tertiary/aromatic N) is 3. The summed E-state index contributed by atoms with van der Waals surface area (Å²) >= 11 is 3.38. The summed E-state index contributed by atoms with van der Waals surface area (Å²) in [5.41, 5.74) is 5.20. The van der Waals surface area contributed by atoms with Gasteiger partial charge >= 0.3 is 0 Å². The van der Waals surface area contributed by atoms with Crippen LogP contribution in [0.25, 0.3) is 11.3 Å². The quantitative estimate of drug-likeness (QED) is 0.547. The van der Waals surface area contributed by atoms with Gasteiger partial charge in [-0.1, -0.05) is 34.1 Å². The summed E-state index contributed by atoms with van der Waals surface area (Å²) in [7, 11) is 0. The molecule has 1 amide bonds. The molecule has 0 saturated carbocycles. The number of H-pyrrole nitrogens is 1. The van der Waals surface area contributed by atoms with Gasteiger partial charge in [-0.25, -0.2) is 5.43 Å². The van der Waals surface area contributed by atoms with Crippen LogP contribution < -0.4 is 5.43 Å². The molecule has 3 aromatic rings. The van der Waals surface area contributed by atoms with Gasteiger partial charge in [0.25, 0.3) is 5.91 Å². The third-order valence-electron chi connectivity index (χ3n) is 3.03. The first-order valence-corrected chi connectivity index (χ1v) is 7.56. The van der Waals surface area contributed by atoms with Gasteiger partial charge in [0, 0.05) is 28.0 Å². The largest absolute Gasteiger partial charge is 0.289 e. The summed E-state index contributed by atoms with van der Waals surface area (Å²) in [6.45, 7) is 0. The van der Waals surface area contributed by atoms with Gasteiger partial charge < -0.3 is 0 Å². The molecule has 0 bridgehead atoms. The summed E-state index contributed by atoms with van der Waals surface area (Å²) in [5.74, 6) is -0.360. The number of hydrazone groups is 1. The summed E-state index contributed by atoms with van der Waals surface area (Å²) in [6, 6.07) is 13.0. The van der Waals surface area contributed by atoms with E-state index in [9.17, 15) is 4.79 Å². The van der Waals surface area contributed by atoms with E-state index in [2.05, 4.69) is 41.6 Å². The van der Waals surface area contributed by atoms with Crippen LogP contribution in [-0.4, -0.2) is 27.3 Å². The Morgan fingerprint density at radius 1 is 1.26 bits per heavy atom. The Morgan fingerprint density at radius 3 is 2.83 bits per heavy atom. The highest BCUT2D eigenvalue weighted by Gasteiger charge is 2.10. The van der Waals surface area contributed by atoms with Crippen molar-refractivity contribution in [3.8, 4) is 11.3 Å². The van der Waals surface area contributed by atoms with Crippen LogP contribution in [0.3, 0.4) is 0 Å². The molecular weight excluding hydrogens is 358 g/mol. The number of aromatic nitrogens is 3. The van der Waals surface area contributed by atoms with E-state index in [4.69, 9.17) is 0 Å². The standard InChI is InChI=1S/C16H12BrN5O/c17-13-5-3-12(4-6-13)14-8-15(21-20-14)16(23)22-19-10-11-2-1-7-18-9-11/h1-10H,(H,20,21)(H,22,23)/b19-10-. The van der Waals surface area contributed by atoms with Crippen molar-refractivity contribution in [2.75, 3.05) is 0 Å². The van der Waals surface area contributed by atoms with Crippen molar-refractivity contribution in [2.24, 2.45) is 5.10 Å². The number of pyridine rings is 1. The Kier molecular flexibility index (Phi) is 4.58. The van der Waals surface area contributed by atoms with E-state index in [0.717, 1.165) is 15.6 Å². The number of hydrogen-bond donors (Lipinski definition) is 2. The van der Waals surface area contributed by atoms with Gasteiger partial charge in [0.05, 0.1) is 11.9 Å². The molecule has 1 aromatic carbocycles. The molecule has 7 heteroatoms. The van der Waals surface area contributed by atoms with Crippen molar-refractivity contribution in [3.05, 3.63) is 70.6 Å². The maximum atomic E-state index is 12.0. The Balaban J connectivity index is 1.67. The van der Waals surface area contributed by atoms with E-state index >= 15 is 0 Å². The van der Waals surface area contributed by atoms with Crippen molar-refractivity contribution in [2.45, 2.75) is 0 Å². The maximum absolute atomic E-state index is 12.0. The molecule has 0 unspecified atom stereocenters. The number of carbonyl (C=O) groups is 1. The lowest BCUT2D eigenvalue weighted by molar-refractivity contribution is 0.0950. The monoisotopic (exact) mass is 369 g/mol. The summed E-state index contributed by atoms with van der Waals surface area (Å²) in [6.07, 6.45) is 4.85. The molecule has 2 N–H and O–H groups in total. The second kappa shape index (κ2) is 6.97. The van der Waals surface area contributed by atoms with E-state index in [1.165, 1.54) is 6.21 Å². The zero-order valence-corrected chi connectivity index (χ0v) is 13.5. The van der Waals surface area contributed by atoms with Gasteiger partial charge in [-0.15, -0.1) is 0 Å². The molecule has 0 fully saturated rings. The van der Waals surface area contributed by atoms with Crippen LogP contribution in [0.15, 0.2) is 64.4 Å². The minimum Gasteiger partial charge on any atom is -0.272 e. The highest BCUT2D eigenvalue weighted by Crippen LogP contribution is 2.20. The number of nitrogens with one attached hydrogen (secondary N) is 2. The maximum Gasteiger partial charge on any atom is 0.289 e. The molecular formula is C16H12BrN5O. The molecule has 0 spiro atoms. The van der Waals surface area contributed by atoms with E-state index in [0.29, 0.717) is 11.4 Å². The minimum atomic E-state index is -0.360. The lowest BCUT2D eigenvalue weighted by atomic mass is 10.1. The fraction of sp³-hybridized carbons (Fsp3) is 0. The smallest absolute Gasteiger partial charge is 0.272 e. The average Bonchev–Trinajstić information content (AvgIpc) is 3.06. The molecule has 114 valence electrons. The van der Waals surface area contributed by atoms with E-state index < -0.39 is 0 Å². The molecule has 2 aromatic heterocycles. The van der Waals surface area contributed by atoms with Crippen LogP contribution in [0.2, 0.25) is 0 Å². The summed E-state index contributed by atoms with van der Waals surface area (Å²) in [4.78, 5) is 16.0.